The number of hydrogen-bond donors (Lipinski definition) is 2. The Balaban J connectivity index is 2.38. The first-order valence-corrected chi connectivity index (χ1v) is 8.81. The Hall–Kier alpha value is -0.820. The van der Waals surface area contributed by atoms with Crippen molar-refractivity contribution in [1.29, 1.82) is 0 Å². The molecule has 1 aromatic carbocycles. The molecule has 118 valence electrons. The van der Waals surface area contributed by atoms with Gasteiger partial charge in [0.1, 0.15) is 10.6 Å². The third-order valence-electron chi connectivity index (χ3n) is 3.14. The van der Waals surface area contributed by atoms with Crippen LogP contribution in [0.2, 0.25) is 5.02 Å². The average Bonchev–Trinajstić information content (AvgIpc) is 3.18. The number of rotatable bonds is 7. The summed E-state index contributed by atoms with van der Waals surface area (Å²) in [4.78, 5) is 0.0822. The van der Waals surface area contributed by atoms with Crippen molar-refractivity contribution < 1.29 is 13.2 Å². The SMILES string of the molecule is COc1c(CNC2CC2)cc(Cl)cc1S(=O)(=O)NC(C)C. The van der Waals surface area contributed by atoms with Crippen LogP contribution in [0.4, 0.5) is 0 Å². The predicted octanol–water partition coefficient (Wildman–Crippen LogP) is 2.29. The van der Waals surface area contributed by atoms with Crippen LogP contribution in [0.3, 0.4) is 0 Å². The van der Waals surface area contributed by atoms with Crippen molar-refractivity contribution in [3.63, 3.8) is 0 Å². The predicted molar refractivity (Wildman–Crippen MR) is 83.3 cm³/mol. The molecule has 0 bridgehead atoms. The van der Waals surface area contributed by atoms with E-state index in [2.05, 4.69) is 10.0 Å². The molecule has 1 aliphatic carbocycles. The van der Waals surface area contributed by atoms with Gasteiger partial charge in [0, 0.05) is 29.2 Å². The van der Waals surface area contributed by atoms with Gasteiger partial charge in [-0.15, -0.1) is 0 Å². The van der Waals surface area contributed by atoms with Crippen molar-refractivity contribution in [1.82, 2.24) is 10.0 Å². The fourth-order valence-corrected chi connectivity index (χ4v) is 3.89. The number of sulfonamides is 1. The van der Waals surface area contributed by atoms with Gasteiger partial charge in [0.15, 0.2) is 0 Å². The van der Waals surface area contributed by atoms with Crippen LogP contribution in [0.1, 0.15) is 32.3 Å². The smallest absolute Gasteiger partial charge is 0.244 e. The maximum atomic E-state index is 12.4. The van der Waals surface area contributed by atoms with E-state index in [1.807, 2.05) is 0 Å². The van der Waals surface area contributed by atoms with E-state index in [1.165, 1.54) is 13.2 Å². The van der Waals surface area contributed by atoms with E-state index in [-0.39, 0.29) is 10.9 Å². The normalized spacial score (nSPS) is 15.5. The van der Waals surface area contributed by atoms with Gasteiger partial charge in [-0.25, -0.2) is 13.1 Å². The molecule has 0 heterocycles. The largest absolute Gasteiger partial charge is 0.495 e. The lowest BCUT2D eigenvalue weighted by Gasteiger charge is -2.17. The molecule has 0 saturated heterocycles. The van der Waals surface area contributed by atoms with E-state index < -0.39 is 10.0 Å². The lowest BCUT2D eigenvalue weighted by atomic mass is 10.2. The Morgan fingerprint density at radius 2 is 2.05 bits per heavy atom. The molecule has 2 rings (SSSR count). The number of methoxy groups -OCH3 is 1. The molecule has 0 atom stereocenters. The fraction of sp³-hybridized carbons (Fsp3) is 0.571. The molecule has 0 aromatic heterocycles. The minimum absolute atomic E-state index is 0.0822. The second-order valence-corrected chi connectivity index (χ2v) is 7.65. The van der Waals surface area contributed by atoms with E-state index in [9.17, 15) is 8.42 Å². The van der Waals surface area contributed by atoms with E-state index >= 15 is 0 Å². The van der Waals surface area contributed by atoms with Gasteiger partial charge >= 0.3 is 0 Å². The summed E-state index contributed by atoms with van der Waals surface area (Å²) in [5.74, 6) is 0.348. The molecular weight excluding hydrogens is 312 g/mol. The molecule has 0 spiro atoms. The lowest BCUT2D eigenvalue weighted by molar-refractivity contribution is 0.395. The number of nitrogens with one attached hydrogen (secondary N) is 2. The quantitative estimate of drug-likeness (QED) is 0.804. The molecule has 1 saturated carbocycles. The topological polar surface area (TPSA) is 67.4 Å². The van der Waals surface area contributed by atoms with Crippen LogP contribution in [0.15, 0.2) is 17.0 Å². The summed E-state index contributed by atoms with van der Waals surface area (Å²) in [7, 11) is -2.19. The van der Waals surface area contributed by atoms with Crippen LogP contribution in [-0.2, 0) is 16.6 Å². The molecule has 21 heavy (non-hydrogen) atoms. The molecule has 7 heteroatoms. The second kappa shape index (κ2) is 6.52. The third kappa shape index (κ3) is 4.32. The summed E-state index contributed by atoms with van der Waals surface area (Å²) in [6, 6.07) is 3.48. The highest BCUT2D eigenvalue weighted by Crippen LogP contribution is 2.32. The standard InChI is InChI=1S/C14H21ClN2O3S/c1-9(2)17-21(18,19)13-7-11(15)6-10(14(13)20-3)8-16-12-4-5-12/h6-7,9,12,16-17H,4-5,8H2,1-3H3. The Labute approximate surface area is 131 Å². The van der Waals surface area contributed by atoms with Crippen LogP contribution < -0.4 is 14.8 Å². The molecular formula is C14H21ClN2O3S. The second-order valence-electron chi connectivity index (χ2n) is 5.53. The number of benzene rings is 1. The van der Waals surface area contributed by atoms with Crippen LogP contribution in [0.5, 0.6) is 5.75 Å². The monoisotopic (exact) mass is 332 g/mol. The highest BCUT2D eigenvalue weighted by Gasteiger charge is 2.25. The maximum absolute atomic E-state index is 12.4. The molecule has 0 amide bonds. The van der Waals surface area contributed by atoms with Crippen molar-refractivity contribution in [2.45, 2.75) is 50.2 Å². The van der Waals surface area contributed by atoms with Gasteiger partial charge in [-0.3, -0.25) is 0 Å². The highest BCUT2D eigenvalue weighted by atomic mass is 35.5. The molecule has 1 fully saturated rings. The first-order valence-electron chi connectivity index (χ1n) is 6.95. The molecule has 1 aromatic rings. The number of ether oxygens (including phenoxy) is 1. The van der Waals surface area contributed by atoms with Crippen molar-refractivity contribution in [3.05, 3.63) is 22.7 Å². The Bertz CT molecular complexity index is 613. The van der Waals surface area contributed by atoms with E-state index in [4.69, 9.17) is 16.3 Å². The summed E-state index contributed by atoms with van der Waals surface area (Å²) in [6.45, 7) is 4.08. The van der Waals surface area contributed by atoms with Crippen LogP contribution in [-0.4, -0.2) is 27.6 Å². The Morgan fingerprint density at radius 3 is 2.57 bits per heavy atom. The van der Waals surface area contributed by atoms with Crippen molar-refractivity contribution in [2.24, 2.45) is 0 Å². The third-order valence-corrected chi connectivity index (χ3v) is 5.02. The van der Waals surface area contributed by atoms with E-state index in [0.29, 0.717) is 23.4 Å². The van der Waals surface area contributed by atoms with Gasteiger partial charge in [0.2, 0.25) is 10.0 Å². The van der Waals surface area contributed by atoms with Crippen molar-refractivity contribution >= 4 is 21.6 Å². The Morgan fingerprint density at radius 1 is 1.38 bits per heavy atom. The molecule has 5 nitrogen and oxygen atoms in total. The first-order chi connectivity index (χ1) is 9.83. The zero-order valence-corrected chi connectivity index (χ0v) is 14.0. The van der Waals surface area contributed by atoms with Gasteiger partial charge in [0.05, 0.1) is 7.11 Å². The van der Waals surface area contributed by atoms with E-state index in [1.54, 1.807) is 19.9 Å². The van der Waals surface area contributed by atoms with Crippen molar-refractivity contribution in [3.8, 4) is 5.75 Å². The summed E-state index contributed by atoms with van der Waals surface area (Å²) in [6.07, 6.45) is 2.31. The molecule has 0 radical (unpaired) electrons. The highest BCUT2D eigenvalue weighted by molar-refractivity contribution is 7.89. The number of hydrogen-bond acceptors (Lipinski definition) is 4. The molecule has 0 aliphatic heterocycles. The van der Waals surface area contributed by atoms with Crippen LogP contribution in [0, 0.1) is 0 Å². The average molecular weight is 333 g/mol. The lowest BCUT2D eigenvalue weighted by Crippen LogP contribution is -2.30. The fourth-order valence-electron chi connectivity index (χ4n) is 2.10. The molecule has 0 unspecified atom stereocenters. The summed E-state index contributed by atoms with van der Waals surface area (Å²) >= 11 is 6.08. The maximum Gasteiger partial charge on any atom is 0.244 e. The minimum atomic E-state index is -3.66. The molecule has 1 aliphatic rings. The van der Waals surface area contributed by atoms with Gasteiger partial charge < -0.3 is 10.1 Å². The van der Waals surface area contributed by atoms with Gasteiger partial charge in [-0.05, 0) is 38.8 Å². The minimum Gasteiger partial charge on any atom is -0.495 e. The first kappa shape index (κ1) is 16.5. The summed E-state index contributed by atoms with van der Waals surface area (Å²) in [5, 5.41) is 3.72. The van der Waals surface area contributed by atoms with Crippen molar-refractivity contribution in [2.75, 3.05) is 7.11 Å². The zero-order valence-electron chi connectivity index (χ0n) is 12.4. The summed E-state index contributed by atoms with van der Waals surface area (Å²) < 4.78 is 32.7. The zero-order chi connectivity index (χ0) is 15.6. The molecule has 2 N–H and O–H groups in total. The van der Waals surface area contributed by atoms with Crippen LogP contribution in [0.25, 0.3) is 0 Å². The summed E-state index contributed by atoms with van der Waals surface area (Å²) in [5.41, 5.74) is 0.751. The van der Waals surface area contributed by atoms with Crippen LogP contribution >= 0.6 is 11.6 Å². The Kier molecular flexibility index (Phi) is 5.14. The number of halogens is 1. The van der Waals surface area contributed by atoms with Gasteiger partial charge in [-0.1, -0.05) is 11.6 Å². The van der Waals surface area contributed by atoms with Gasteiger partial charge in [-0.2, -0.15) is 0 Å². The van der Waals surface area contributed by atoms with E-state index in [0.717, 1.165) is 18.4 Å². The van der Waals surface area contributed by atoms with Gasteiger partial charge in [0.25, 0.3) is 0 Å².